The molecule has 0 aliphatic heterocycles. The van der Waals surface area contributed by atoms with Gasteiger partial charge in [0.25, 0.3) is 0 Å². The van der Waals surface area contributed by atoms with Crippen LogP contribution in [0.25, 0.3) is 0 Å². The van der Waals surface area contributed by atoms with Gasteiger partial charge in [-0.25, -0.2) is 9.59 Å². The summed E-state index contributed by atoms with van der Waals surface area (Å²) in [7, 11) is 0. The first-order valence-corrected chi connectivity index (χ1v) is 5.54. The maximum absolute atomic E-state index is 11.6. The van der Waals surface area contributed by atoms with E-state index in [4.69, 9.17) is 16.7 Å². The van der Waals surface area contributed by atoms with Crippen molar-refractivity contribution >= 4 is 35.1 Å². The van der Waals surface area contributed by atoms with Crippen LogP contribution in [0, 0.1) is 0 Å². The van der Waals surface area contributed by atoms with E-state index in [1.54, 1.807) is 24.3 Å². The molecule has 1 aromatic heterocycles. The average molecular weight is 281 g/mol. The van der Waals surface area contributed by atoms with Crippen molar-refractivity contribution in [3.05, 3.63) is 41.0 Å². The van der Waals surface area contributed by atoms with E-state index in [-0.39, 0.29) is 11.5 Å². The van der Waals surface area contributed by atoms with Crippen LogP contribution >= 0.6 is 11.6 Å². The predicted molar refractivity (Wildman–Crippen MR) is 69.6 cm³/mol. The highest BCUT2D eigenvalue weighted by atomic mass is 35.5. The van der Waals surface area contributed by atoms with Crippen molar-refractivity contribution in [3.63, 3.8) is 0 Å². The maximum Gasteiger partial charge on any atom is 0.353 e. The minimum absolute atomic E-state index is 0.109. The van der Waals surface area contributed by atoms with Crippen molar-refractivity contribution in [1.29, 1.82) is 0 Å². The van der Waals surface area contributed by atoms with Crippen molar-refractivity contribution in [2.24, 2.45) is 0 Å². The minimum Gasteiger partial charge on any atom is -0.477 e. The fourth-order valence-electron chi connectivity index (χ4n) is 1.31. The molecular formula is C11H9ClN4O3. The molecular weight excluding hydrogens is 272 g/mol. The van der Waals surface area contributed by atoms with Gasteiger partial charge in [-0.05, 0) is 24.3 Å². The summed E-state index contributed by atoms with van der Waals surface area (Å²) in [6.45, 7) is 0. The first-order chi connectivity index (χ1) is 9.04. The van der Waals surface area contributed by atoms with Gasteiger partial charge >= 0.3 is 12.0 Å². The molecule has 0 saturated carbocycles. The lowest BCUT2D eigenvalue weighted by molar-refractivity contribution is 0.0690. The average Bonchev–Trinajstić information content (AvgIpc) is 2.80. The summed E-state index contributed by atoms with van der Waals surface area (Å²) in [6.07, 6.45) is 0. The molecule has 7 nitrogen and oxygen atoms in total. The van der Waals surface area contributed by atoms with Crippen molar-refractivity contribution < 1.29 is 14.7 Å². The van der Waals surface area contributed by atoms with E-state index in [0.29, 0.717) is 10.7 Å². The van der Waals surface area contributed by atoms with Gasteiger partial charge in [-0.1, -0.05) is 11.6 Å². The van der Waals surface area contributed by atoms with Crippen molar-refractivity contribution in [2.75, 3.05) is 10.6 Å². The standard InChI is InChI=1S/C11H9ClN4O3/c12-6-1-3-7(4-2-6)13-11(19)14-9-5-8(10(17)18)15-16-9/h1-5H,(H,17,18)(H3,13,14,15,16,19). The number of aromatic amines is 1. The van der Waals surface area contributed by atoms with Crippen LogP contribution in [-0.4, -0.2) is 27.3 Å². The number of benzene rings is 1. The van der Waals surface area contributed by atoms with Gasteiger partial charge in [-0.2, -0.15) is 5.10 Å². The Kier molecular flexibility index (Phi) is 3.67. The van der Waals surface area contributed by atoms with Crippen molar-refractivity contribution in [1.82, 2.24) is 10.2 Å². The fourth-order valence-corrected chi connectivity index (χ4v) is 1.43. The third-order valence-corrected chi connectivity index (χ3v) is 2.40. The van der Waals surface area contributed by atoms with Gasteiger partial charge in [0.1, 0.15) is 5.69 Å². The first kappa shape index (κ1) is 12.9. The Morgan fingerprint density at radius 2 is 1.89 bits per heavy atom. The van der Waals surface area contributed by atoms with Crippen LogP contribution < -0.4 is 10.6 Å². The molecule has 4 N–H and O–H groups in total. The Bertz CT molecular complexity index is 609. The van der Waals surface area contributed by atoms with E-state index >= 15 is 0 Å². The van der Waals surface area contributed by atoms with Gasteiger partial charge in [-0.15, -0.1) is 0 Å². The second-order valence-electron chi connectivity index (χ2n) is 3.56. The molecule has 0 bridgehead atoms. The van der Waals surface area contributed by atoms with Gasteiger partial charge < -0.3 is 10.4 Å². The molecule has 8 heteroatoms. The number of nitrogens with zero attached hydrogens (tertiary/aromatic N) is 1. The summed E-state index contributed by atoms with van der Waals surface area (Å²) in [5.41, 5.74) is 0.442. The molecule has 2 amide bonds. The predicted octanol–water partition coefficient (Wildman–Crippen LogP) is 2.41. The van der Waals surface area contributed by atoms with Crippen molar-refractivity contribution in [3.8, 4) is 0 Å². The zero-order chi connectivity index (χ0) is 13.8. The van der Waals surface area contributed by atoms with Crippen LogP contribution in [0.5, 0.6) is 0 Å². The van der Waals surface area contributed by atoms with Crippen LogP contribution in [0.3, 0.4) is 0 Å². The third kappa shape index (κ3) is 3.46. The Labute approximate surface area is 112 Å². The molecule has 0 atom stereocenters. The van der Waals surface area contributed by atoms with Gasteiger partial charge in [0, 0.05) is 16.8 Å². The molecule has 0 radical (unpaired) electrons. The zero-order valence-corrected chi connectivity index (χ0v) is 10.2. The number of H-pyrrole nitrogens is 1. The van der Waals surface area contributed by atoms with Crippen molar-refractivity contribution in [2.45, 2.75) is 0 Å². The Morgan fingerprint density at radius 1 is 1.21 bits per heavy atom. The Balaban J connectivity index is 1.97. The second kappa shape index (κ2) is 5.40. The number of anilines is 2. The number of urea groups is 1. The second-order valence-corrected chi connectivity index (χ2v) is 3.99. The lowest BCUT2D eigenvalue weighted by Crippen LogP contribution is -2.19. The Hall–Kier alpha value is -2.54. The number of carbonyl (C=O) groups is 2. The summed E-state index contributed by atoms with van der Waals surface area (Å²) < 4.78 is 0. The van der Waals surface area contributed by atoms with Crippen LogP contribution in [0.1, 0.15) is 10.5 Å². The molecule has 0 aliphatic rings. The molecule has 0 aliphatic carbocycles. The van der Waals surface area contributed by atoms with E-state index in [0.717, 1.165) is 0 Å². The monoisotopic (exact) mass is 280 g/mol. The number of aromatic nitrogens is 2. The van der Waals surface area contributed by atoms with Gasteiger partial charge in [0.05, 0.1) is 0 Å². The summed E-state index contributed by atoms with van der Waals surface area (Å²) in [5.74, 6) is -1.04. The molecule has 0 fully saturated rings. The molecule has 2 rings (SSSR count). The molecule has 0 unspecified atom stereocenters. The van der Waals surface area contributed by atoms with E-state index in [2.05, 4.69) is 20.8 Å². The number of carboxylic acids is 1. The highest BCUT2D eigenvalue weighted by molar-refractivity contribution is 6.30. The lowest BCUT2D eigenvalue weighted by Gasteiger charge is -2.05. The number of halogens is 1. The summed E-state index contributed by atoms with van der Waals surface area (Å²) in [6, 6.07) is 7.21. The smallest absolute Gasteiger partial charge is 0.353 e. The van der Waals surface area contributed by atoms with E-state index in [1.807, 2.05) is 0 Å². The molecule has 2 aromatic rings. The quantitative estimate of drug-likeness (QED) is 0.692. The SMILES string of the molecule is O=C(Nc1ccc(Cl)cc1)Nc1cc(C(=O)O)[nH]n1. The summed E-state index contributed by atoms with van der Waals surface area (Å²) in [5, 5.41) is 20.1. The number of carbonyl (C=O) groups excluding carboxylic acids is 1. The maximum atomic E-state index is 11.6. The molecule has 0 saturated heterocycles. The number of hydrogen-bond donors (Lipinski definition) is 4. The molecule has 19 heavy (non-hydrogen) atoms. The number of amides is 2. The van der Waals surface area contributed by atoms with E-state index in [1.165, 1.54) is 6.07 Å². The first-order valence-electron chi connectivity index (χ1n) is 5.17. The van der Waals surface area contributed by atoms with Crippen LogP contribution in [0.2, 0.25) is 5.02 Å². The van der Waals surface area contributed by atoms with Crippen LogP contribution in [0.4, 0.5) is 16.3 Å². The van der Waals surface area contributed by atoms with E-state index < -0.39 is 12.0 Å². The third-order valence-electron chi connectivity index (χ3n) is 2.15. The largest absolute Gasteiger partial charge is 0.477 e. The van der Waals surface area contributed by atoms with Crippen LogP contribution in [0.15, 0.2) is 30.3 Å². The highest BCUT2D eigenvalue weighted by Crippen LogP contribution is 2.13. The molecule has 98 valence electrons. The molecule has 1 aromatic carbocycles. The van der Waals surface area contributed by atoms with Gasteiger partial charge in [0.2, 0.25) is 0 Å². The normalized spacial score (nSPS) is 9.95. The number of aromatic carboxylic acids is 1. The number of rotatable bonds is 3. The fraction of sp³-hybridized carbons (Fsp3) is 0. The lowest BCUT2D eigenvalue weighted by atomic mass is 10.3. The topological polar surface area (TPSA) is 107 Å². The van der Waals surface area contributed by atoms with Gasteiger partial charge in [0.15, 0.2) is 5.82 Å². The number of nitrogens with one attached hydrogen (secondary N) is 3. The van der Waals surface area contributed by atoms with Gasteiger partial charge in [-0.3, -0.25) is 10.4 Å². The molecule has 0 spiro atoms. The zero-order valence-electron chi connectivity index (χ0n) is 9.48. The summed E-state index contributed by atoms with van der Waals surface area (Å²) in [4.78, 5) is 22.2. The van der Waals surface area contributed by atoms with Crippen LogP contribution in [-0.2, 0) is 0 Å². The highest BCUT2D eigenvalue weighted by Gasteiger charge is 2.09. The number of carboxylic acid groups (broad SMARTS) is 1. The molecule has 1 heterocycles. The Morgan fingerprint density at radius 3 is 2.47 bits per heavy atom. The minimum atomic E-state index is -1.15. The van der Waals surface area contributed by atoms with E-state index in [9.17, 15) is 9.59 Å². The summed E-state index contributed by atoms with van der Waals surface area (Å²) >= 11 is 5.71. The number of hydrogen-bond acceptors (Lipinski definition) is 3.